The zero-order valence-corrected chi connectivity index (χ0v) is 21.8. The first kappa shape index (κ1) is 23.7. The number of thioether (sulfide) groups is 1. The molecule has 2 bridgehead atoms. The maximum atomic E-state index is 13.8. The van der Waals surface area contributed by atoms with Crippen molar-refractivity contribution >= 4 is 40.7 Å². The second-order valence-corrected chi connectivity index (χ2v) is 12.6. The molecule has 2 aromatic rings. The number of hydrogen-bond acceptors (Lipinski definition) is 5. The molecule has 0 spiro atoms. The van der Waals surface area contributed by atoms with Gasteiger partial charge in [0.05, 0.1) is 19.6 Å². The summed E-state index contributed by atoms with van der Waals surface area (Å²) in [6.07, 6.45) is 3.36. The average molecular weight is 506 g/mol. The lowest BCUT2D eigenvalue weighted by Crippen LogP contribution is -2.65. The zero-order chi connectivity index (χ0) is 22.9. The lowest BCUT2D eigenvalue weighted by atomic mass is 9.82. The van der Waals surface area contributed by atoms with Gasteiger partial charge >= 0.3 is 5.97 Å². The van der Waals surface area contributed by atoms with Crippen molar-refractivity contribution in [1.82, 2.24) is 4.90 Å². The van der Waals surface area contributed by atoms with Crippen molar-refractivity contribution in [2.45, 2.75) is 37.8 Å². The summed E-state index contributed by atoms with van der Waals surface area (Å²) < 4.78 is 7.51. The summed E-state index contributed by atoms with van der Waals surface area (Å²) in [5.74, 6) is 2.60. The van der Waals surface area contributed by atoms with Crippen LogP contribution < -0.4 is 0 Å². The summed E-state index contributed by atoms with van der Waals surface area (Å²) in [5, 5.41) is 2.88. The number of halogens is 1. The second kappa shape index (κ2) is 9.90. The molecule has 0 amide bonds. The maximum Gasteiger partial charge on any atom is 0.332 e. The van der Waals surface area contributed by atoms with Gasteiger partial charge in [0.15, 0.2) is 11.6 Å². The van der Waals surface area contributed by atoms with E-state index in [-0.39, 0.29) is 12.1 Å². The molecule has 6 rings (SSSR count). The predicted molar refractivity (Wildman–Crippen MR) is 138 cm³/mol. The Balaban J connectivity index is 1.30. The van der Waals surface area contributed by atoms with Gasteiger partial charge < -0.3 is 9.22 Å². The molecule has 4 saturated heterocycles. The van der Waals surface area contributed by atoms with Crippen molar-refractivity contribution in [3.05, 3.63) is 57.2 Å². The number of fused-ring (bicyclic) bond motifs is 3. The number of ether oxygens (including phenoxy) is 1. The molecule has 7 heteroatoms. The van der Waals surface area contributed by atoms with E-state index in [9.17, 15) is 4.79 Å². The highest BCUT2D eigenvalue weighted by molar-refractivity contribution is 7.99. The third-order valence-electron chi connectivity index (χ3n) is 8.11. The predicted octanol–water partition coefficient (Wildman–Crippen LogP) is 5.06. The quantitative estimate of drug-likeness (QED) is 0.388. The lowest BCUT2D eigenvalue weighted by molar-refractivity contribution is -0.946. The smallest absolute Gasteiger partial charge is 0.332 e. The Morgan fingerprint density at radius 1 is 1.21 bits per heavy atom. The van der Waals surface area contributed by atoms with Crippen LogP contribution >= 0.6 is 34.7 Å². The highest BCUT2D eigenvalue weighted by atomic mass is 35.5. The van der Waals surface area contributed by atoms with Gasteiger partial charge in [-0.05, 0) is 36.1 Å². The maximum absolute atomic E-state index is 13.8. The fourth-order valence-electron chi connectivity index (χ4n) is 5.93. The number of rotatable bonds is 7. The van der Waals surface area contributed by atoms with E-state index in [2.05, 4.69) is 41.5 Å². The zero-order valence-electron chi connectivity index (χ0n) is 19.4. The van der Waals surface area contributed by atoms with Crippen molar-refractivity contribution in [1.29, 1.82) is 0 Å². The van der Waals surface area contributed by atoms with Gasteiger partial charge in [0, 0.05) is 59.7 Å². The molecule has 4 aliphatic heterocycles. The molecule has 4 nitrogen and oxygen atoms in total. The van der Waals surface area contributed by atoms with E-state index in [0.717, 1.165) is 71.3 Å². The molecule has 33 heavy (non-hydrogen) atoms. The van der Waals surface area contributed by atoms with Gasteiger partial charge in [-0.15, -0.1) is 11.3 Å². The van der Waals surface area contributed by atoms with Crippen LogP contribution in [0.2, 0.25) is 5.02 Å². The number of carbonyl (C=O) groups is 1. The minimum absolute atomic E-state index is 0.0258. The van der Waals surface area contributed by atoms with E-state index in [4.69, 9.17) is 16.3 Å². The van der Waals surface area contributed by atoms with Gasteiger partial charge in [-0.2, -0.15) is 11.8 Å². The third kappa shape index (κ3) is 4.87. The van der Waals surface area contributed by atoms with E-state index in [1.807, 2.05) is 23.9 Å². The summed E-state index contributed by atoms with van der Waals surface area (Å²) in [6, 6.07) is 12.4. The first-order valence-corrected chi connectivity index (χ1v) is 14.6. The number of hydrogen-bond donors (Lipinski definition) is 0. The monoisotopic (exact) mass is 505 g/mol. The molecule has 178 valence electrons. The molecule has 4 fully saturated rings. The van der Waals surface area contributed by atoms with Gasteiger partial charge in [-0.1, -0.05) is 29.8 Å². The highest BCUT2D eigenvalue weighted by Gasteiger charge is 2.51. The molecule has 1 unspecified atom stereocenters. The fourth-order valence-corrected chi connectivity index (χ4v) is 7.95. The van der Waals surface area contributed by atoms with Crippen LogP contribution in [0.15, 0.2) is 41.8 Å². The van der Waals surface area contributed by atoms with Crippen LogP contribution in [0.5, 0.6) is 0 Å². The minimum atomic E-state index is -0.688. The Morgan fingerprint density at radius 2 is 2.00 bits per heavy atom. The summed E-state index contributed by atoms with van der Waals surface area (Å²) in [7, 11) is 0. The first-order chi connectivity index (χ1) is 16.0. The molecule has 0 aliphatic carbocycles. The van der Waals surface area contributed by atoms with Gasteiger partial charge in [-0.25, -0.2) is 4.79 Å². The van der Waals surface area contributed by atoms with Crippen molar-refractivity contribution in [3.8, 4) is 0 Å². The Hall–Kier alpha value is -1.05. The molecular weight excluding hydrogens is 472 g/mol. The van der Waals surface area contributed by atoms with Gasteiger partial charge in [0.1, 0.15) is 6.54 Å². The fraction of sp³-hybridized carbons (Fsp3) is 0.577. The van der Waals surface area contributed by atoms with Crippen LogP contribution in [0, 0.1) is 5.92 Å². The number of benzene rings is 1. The Morgan fingerprint density at radius 3 is 2.70 bits per heavy atom. The average Bonchev–Trinajstić information content (AvgIpc) is 3.39. The molecule has 1 aromatic carbocycles. The lowest BCUT2D eigenvalue weighted by Gasteiger charge is -2.52. The second-order valence-electron chi connectivity index (χ2n) is 10.0. The number of esters is 1. The van der Waals surface area contributed by atoms with Gasteiger partial charge in [0.25, 0.3) is 0 Å². The number of carbonyl (C=O) groups excluding carboxylic acids is 1. The summed E-state index contributed by atoms with van der Waals surface area (Å²) >= 11 is 9.85. The minimum Gasteiger partial charge on any atom is -0.454 e. The molecular formula is C26H34ClN2O2S2+. The van der Waals surface area contributed by atoms with Crippen LogP contribution in [-0.4, -0.2) is 72.2 Å². The first-order valence-electron chi connectivity index (χ1n) is 12.2. The molecule has 2 atom stereocenters. The topological polar surface area (TPSA) is 29.5 Å². The number of nitrogens with zero attached hydrogens (tertiary/aromatic N) is 2. The van der Waals surface area contributed by atoms with Gasteiger partial charge in [-0.3, -0.25) is 4.90 Å². The van der Waals surface area contributed by atoms with Gasteiger partial charge in [0.2, 0.25) is 0 Å². The van der Waals surface area contributed by atoms with Crippen LogP contribution in [-0.2, 0) is 21.5 Å². The summed E-state index contributed by atoms with van der Waals surface area (Å²) in [6.45, 7) is 8.39. The number of piperidine rings is 3. The highest BCUT2D eigenvalue weighted by Crippen LogP contribution is 2.39. The van der Waals surface area contributed by atoms with E-state index in [1.54, 1.807) is 11.3 Å². The van der Waals surface area contributed by atoms with Crippen LogP contribution in [0.4, 0.5) is 0 Å². The van der Waals surface area contributed by atoms with Crippen LogP contribution in [0.25, 0.3) is 0 Å². The standard InChI is InChI=1S/C26H34ClN2O2S2/c1-26(24-6-3-15-33-24,28-10-16-32-17-11-28)25(30)31-23-19-29(13-8-21(23)9-14-29)12-7-20-4-2-5-22(27)18-20/h2-6,15,18,21,23H,7-14,16-17,19H2,1H3/q+1/t21?,23-,26?,29?/m0/s1. The molecule has 0 radical (unpaired) electrons. The Kier molecular flexibility index (Phi) is 7.11. The third-order valence-corrected chi connectivity index (χ3v) is 10.4. The van der Waals surface area contributed by atoms with Crippen molar-refractivity contribution < 1.29 is 14.0 Å². The van der Waals surface area contributed by atoms with E-state index in [1.165, 1.54) is 18.7 Å². The molecule has 0 saturated carbocycles. The SMILES string of the molecule is CC(C(=O)O[C@H]1C[N+]2(CCc3cccc(Cl)c3)CCC1CC2)(c1cccs1)N1CCSCC1. The van der Waals surface area contributed by atoms with E-state index < -0.39 is 5.54 Å². The van der Waals surface area contributed by atoms with Crippen molar-refractivity contribution in [2.75, 3.05) is 50.8 Å². The molecule has 0 N–H and O–H groups in total. The molecule has 1 aromatic heterocycles. The van der Waals surface area contributed by atoms with Crippen LogP contribution in [0.1, 0.15) is 30.2 Å². The summed E-state index contributed by atoms with van der Waals surface area (Å²) in [4.78, 5) is 17.3. The normalized spacial score (nSPS) is 29.5. The largest absolute Gasteiger partial charge is 0.454 e. The summed E-state index contributed by atoms with van der Waals surface area (Å²) in [5.41, 5.74) is 0.608. The van der Waals surface area contributed by atoms with Crippen molar-refractivity contribution in [2.24, 2.45) is 5.92 Å². The molecule has 5 heterocycles. The van der Waals surface area contributed by atoms with E-state index >= 15 is 0 Å². The van der Waals surface area contributed by atoms with E-state index in [0.29, 0.717) is 5.92 Å². The molecule has 4 aliphatic rings. The Labute approximate surface area is 210 Å². The van der Waals surface area contributed by atoms with Crippen molar-refractivity contribution in [3.63, 3.8) is 0 Å². The Bertz CT molecular complexity index is 955. The number of thiophene rings is 1. The van der Waals surface area contributed by atoms with Crippen LogP contribution in [0.3, 0.4) is 0 Å². The number of quaternary nitrogens is 1.